The molecule has 0 bridgehead atoms. The number of carbonyl (C=O) groups excluding carboxylic acids is 1. The summed E-state index contributed by atoms with van der Waals surface area (Å²) in [5.41, 5.74) is -1.17. The number of benzene rings is 2. The van der Waals surface area contributed by atoms with Crippen molar-refractivity contribution in [1.82, 2.24) is 0 Å². The molecule has 0 aromatic heterocycles. The highest BCUT2D eigenvalue weighted by Gasteiger charge is 2.30. The van der Waals surface area contributed by atoms with E-state index < -0.39 is 22.6 Å². The van der Waals surface area contributed by atoms with Crippen molar-refractivity contribution in [3.8, 4) is 0 Å². The zero-order valence-corrected chi connectivity index (χ0v) is 14.2. The van der Waals surface area contributed by atoms with Crippen molar-refractivity contribution in [3.63, 3.8) is 0 Å². The molecule has 144 valence electrons. The summed E-state index contributed by atoms with van der Waals surface area (Å²) in [4.78, 5) is 22.8. The lowest BCUT2D eigenvalue weighted by molar-refractivity contribution is -0.384. The minimum Gasteiger partial charge on any atom is -0.383 e. The van der Waals surface area contributed by atoms with Crippen LogP contribution in [0, 0.1) is 10.1 Å². The van der Waals surface area contributed by atoms with Crippen LogP contribution < -0.4 is 10.6 Å². The van der Waals surface area contributed by atoms with Gasteiger partial charge in [0, 0.05) is 31.0 Å². The Morgan fingerprint density at radius 1 is 1.22 bits per heavy atom. The lowest BCUT2D eigenvalue weighted by Gasteiger charge is -2.11. The number of rotatable bonds is 7. The number of hydrogen-bond donors (Lipinski definition) is 2. The Labute approximate surface area is 152 Å². The fraction of sp³-hybridized carbons (Fsp3) is 0.235. The van der Waals surface area contributed by atoms with Gasteiger partial charge in [-0.1, -0.05) is 6.07 Å². The van der Waals surface area contributed by atoms with E-state index in [2.05, 4.69) is 10.6 Å². The van der Waals surface area contributed by atoms with Crippen molar-refractivity contribution < 1.29 is 27.6 Å². The monoisotopic (exact) mass is 383 g/mol. The number of ether oxygens (including phenoxy) is 1. The second-order valence-electron chi connectivity index (χ2n) is 5.44. The van der Waals surface area contributed by atoms with Crippen LogP contribution in [0.1, 0.15) is 15.9 Å². The molecule has 27 heavy (non-hydrogen) atoms. The van der Waals surface area contributed by atoms with Gasteiger partial charge in [-0.05, 0) is 30.3 Å². The molecule has 7 nitrogen and oxygen atoms in total. The number of nitrogens with one attached hydrogen (secondary N) is 2. The molecule has 10 heteroatoms. The van der Waals surface area contributed by atoms with E-state index in [1.165, 1.54) is 25.3 Å². The smallest absolute Gasteiger partial charge is 0.383 e. The molecule has 0 aliphatic carbocycles. The Hall–Kier alpha value is -3.14. The molecule has 0 radical (unpaired) electrons. The first-order valence-electron chi connectivity index (χ1n) is 7.72. The molecule has 0 fully saturated rings. The van der Waals surface area contributed by atoms with Gasteiger partial charge in [-0.2, -0.15) is 13.2 Å². The second kappa shape index (κ2) is 8.49. The number of anilines is 2. The molecule has 0 aliphatic rings. The summed E-state index contributed by atoms with van der Waals surface area (Å²) < 4.78 is 43.1. The molecular weight excluding hydrogens is 367 g/mol. The maximum absolute atomic E-state index is 12.7. The standard InChI is InChI=1S/C17H16F3N3O4/c1-27-8-7-21-14-6-5-11(9-15(14)23(25)26)16(24)22-13-4-2-3-12(10-13)17(18,19)20/h2-6,9-10,21H,7-8H2,1H3,(H,22,24). The Bertz CT molecular complexity index is 840. The molecule has 0 saturated carbocycles. The highest BCUT2D eigenvalue weighted by Crippen LogP contribution is 2.31. The van der Waals surface area contributed by atoms with Crippen LogP contribution in [0.2, 0.25) is 0 Å². The second-order valence-corrected chi connectivity index (χ2v) is 5.44. The Morgan fingerprint density at radius 3 is 2.59 bits per heavy atom. The van der Waals surface area contributed by atoms with E-state index in [0.29, 0.717) is 13.2 Å². The molecule has 0 aliphatic heterocycles. The van der Waals surface area contributed by atoms with E-state index >= 15 is 0 Å². The Kier molecular flexibility index (Phi) is 6.35. The van der Waals surface area contributed by atoms with Gasteiger partial charge in [0.25, 0.3) is 11.6 Å². The number of nitro groups is 1. The summed E-state index contributed by atoms with van der Waals surface area (Å²) in [5.74, 6) is -0.763. The van der Waals surface area contributed by atoms with E-state index in [-0.39, 0.29) is 22.6 Å². The summed E-state index contributed by atoms with van der Waals surface area (Å²) in [6.45, 7) is 0.655. The van der Waals surface area contributed by atoms with Crippen LogP contribution in [0.5, 0.6) is 0 Å². The summed E-state index contributed by atoms with van der Waals surface area (Å²) in [5, 5.41) is 16.3. The lowest BCUT2D eigenvalue weighted by Crippen LogP contribution is -2.14. The van der Waals surface area contributed by atoms with Gasteiger partial charge in [-0.15, -0.1) is 0 Å². The van der Waals surface area contributed by atoms with Gasteiger partial charge in [0.2, 0.25) is 0 Å². The maximum atomic E-state index is 12.7. The normalized spacial score (nSPS) is 11.1. The number of methoxy groups -OCH3 is 1. The van der Waals surface area contributed by atoms with Crippen LogP contribution in [0.25, 0.3) is 0 Å². The van der Waals surface area contributed by atoms with Gasteiger partial charge in [0.1, 0.15) is 5.69 Å². The fourth-order valence-electron chi connectivity index (χ4n) is 2.24. The van der Waals surface area contributed by atoms with Crippen LogP contribution in [0.15, 0.2) is 42.5 Å². The van der Waals surface area contributed by atoms with Crippen molar-refractivity contribution >= 4 is 23.0 Å². The molecular formula is C17H16F3N3O4. The molecule has 2 aromatic rings. The minimum atomic E-state index is -4.55. The number of amides is 1. The van der Waals surface area contributed by atoms with Crippen molar-refractivity contribution in [2.45, 2.75) is 6.18 Å². The molecule has 0 atom stereocenters. The van der Waals surface area contributed by atoms with Gasteiger partial charge >= 0.3 is 6.18 Å². The molecule has 0 spiro atoms. The zero-order valence-electron chi connectivity index (χ0n) is 14.2. The predicted molar refractivity (Wildman–Crippen MR) is 92.9 cm³/mol. The summed E-state index contributed by atoms with van der Waals surface area (Å²) in [6, 6.07) is 7.86. The summed E-state index contributed by atoms with van der Waals surface area (Å²) in [6.07, 6.45) is -4.55. The van der Waals surface area contributed by atoms with Crippen molar-refractivity contribution in [1.29, 1.82) is 0 Å². The van der Waals surface area contributed by atoms with E-state index in [1.807, 2.05) is 0 Å². The maximum Gasteiger partial charge on any atom is 0.416 e. The van der Waals surface area contributed by atoms with Crippen LogP contribution in [-0.4, -0.2) is 31.1 Å². The first kappa shape index (κ1) is 20.2. The van der Waals surface area contributed by atoms with Crippen LogP contribution in [-0.2, 0) is 10.9 Å². The van der Waals surface area contributed by atoms with Gasteiger partial charge in [0.05, 0.1) is 17.1 Å². The molecule has 1 amide bonds. The molecule has 0 heterocycles. The van der Waals surface area contributed by atoms with E-state index in [9.17, 15) is 28.1 Å². The third-order valence-electron chi connectivity index (χ3n) is 3.53. The largest absolute Gasteiger partial charge is 0.416 e. The third-order valence-corrected chi connectivity index (χ3v) is 3.53. The first-order valence-corrected chi connectivity index (χ1v) is 7.72. The van der Waals surface area contributed by atoms with Crippen LogP contribution in [0.3, 0.4) is 0 Å². The number of carbonyl (C=O) groups is 1. The zero-order chi connectivity index (χ0) is 20.0. The Morgan fingerprint density at radius 2 is 1.96 bits per heavy atom. The van der Waals surface area contributed by atoms with Gasteiger partial charge < -0.3 is 15.4 Å². The number of halogens is 3. The van der Waals surface area contributed by atoms with E-state index in [4.69, 9.17) is 4.74 Å². The number of alkyl halides is 3. The topological polar surface area (TPSA) is 93.5 Å². The summed E-state index contributed by atoms with van der Waals surface area (Å²) in [7, 11) is 1.48. The Balaban J connectivity index is 2.21. The van der Waals surface area contributed by atoms with Crippen molar-refractivity contribution in [3.05, 3.63) is 63.7 Å². The van der Waals surface area contributed by atoms with Gasteiger partial charge in [-0.25, -0.2) is 0 Å². The van der Waals surface area contributed by atoms with Crippen LogP contribution >= 0.6 is 0 Å². The minimum absolute atomic E-state index is 0.0589. The van der Waals surface area contributed by atoms with E-state index in [0.717, 1.165) is 24.3 Å². The average Bonchev–Trinajstić information content (AvgIpc) is 2.61. The number of hydrogen-bond acceptors (Lipinski definition) is 5. The van der Waals surface area contributed by atoms with Gasteiger partial charge in [-0.3, -0.25) is 14.9 Å². The average molecular weight is 383 g/mol. The summed E-state index contributed by atoms with van der Waals surface area (Å²) >= 11 is 0. The number of nitro benzene ring substituents is 1. The van der Waals surface area contributed by atoms with E-state index in [1.54, 1.807) is 0 Å². The predicted octanol–water partition coefficient (Wildman–Crippen LogP) is 3.92. The molecule has 0 saturated heterocycles. The fourth-order valence-corrected chi connectivity index (χ4v) is 2.24. The third kappa shape index (κ3) is 5.42. The van der Waals surface area contributed by atoms with Gasteiger partial charge in [0.15, 0.2) is 0 Å². The molecule has 0 unspecified atom stereocenters. The highest BCUT2D eigenvalue weighted by molar-refractivity contribution is 6.05. The molecule has 2 aromatic carbocycles. The lowest BCUT2D eigenvalue weighted by atomic mass is 10.1. The first-order chi connectivity index (χ1) is 12.7. The SMILES string of the molecule is COCCNc1ccc(C(=O)Nc2cccc(C(F)(F)F)c2)cc1[N+](=O)[O-]. The molecule has 2 rings (SSSR count). The van der Waals surface area contributed by atoms with Crippen LogP contribution in [0.4, 0.5) is 30.2 Å². The highest BCUT2D eigenvalue weighted by atomic mass is 19.4. The van der Waals surface area contributed by atoms with Crippen molar-refractivity contribution in [2.75, 3.05) is 30.9 Å². The molecule has 2 N–H and O–H groups in total. The number of nitrogens with zero attached hydrogens (tertiary/aromatic N) is 1. The van der Waals surface area contributed by atoms with Crippen molar-refractivity contribution in [2.24, 2.45) is 0 Å². The quantitative estimate of drug-likeness (QED) is 0.429.